The number of nitrogens with one attached hydrogen (secondary N) is 8. The van der Waals surface area contributed by atoms with Crippen molar-refractivity contribution in [3.8, 4) is 0 Å². The van der Waals surface area contributed by atoms with Crippen LogP contribution in [0.5, 0.6) is 0 Å². The number of carbonyl (C=O) groups is 10. The zero-order chi connectivity index (χ0) is 56.7. The van der Waals surface area contributed by atoms with E-state index in [-0.39, 0.29) is 49.7 Å². The Morgan fingerprint density at radius 2 is 1.19 bits per heavy atom. The Kier molecular flexibility index (Phi) is 28.0. The van der Waals surface area contributed by atoms with Crippen LogP contribution in [-0.2, 0) is 47.9 Å². The van der Waals surface area contributed by atoms with Gasteiger partial charge in [0.2, 0.25) is 59.1 Å². The SMILES string of the molecule is CCC[C@H](NC(=O)[C@@H](NC(=O)[C@H](NC(=O)[C@@H](NC(=O)CNC(=O)CN(C)C(=O)[C@@H]1CCCN1C)C(C)C)[C@@H](C)CC)[C@@H](C)O)C(=O)N[C@H](C(=O)N[C@@H](CCCN=C(N)N)C(=O)N1CCC[C@H]1C(=O)NCC)[C@@H](C)CC. The molecule has 2 aliphatic rings. The zero-order valence-corrected chi connectivity index (χ0v) is 46.2. The van der Waals surface area contributed by atoms with Gasteiger partial charge in [-0.2, -0.15) is 0 Å². The molecular weight excluding hydrogens is 973 g/mol. The first-order valence-corrected chi connectivity index (χ1v) is 26.7. The molecule has 0 saturated carbocycles. The number of carbonyl (C=O) groups excluding carboxylic acids is 10. The van der Waals surface area contributed by atoms with Gasteiger partial charge in [-0.15, -0.1) is 0 Å². The van der Waals surface area contributed by atoms with Crippen molar-refractivity contribution in [2.45, 2.75) is 181 Å². The van der Waals surface area contributed by atoms with Crippen LogP contribution in [0.3, 0.4) is 0 Å². The number of guanidine groups is 1. The van der Waals surface area contributed by atoms with E-state index >= 15 is 0 Å². The van der Waals surface area contributed by atoms with Crippen LogP contribution in [0.4, 0.5) is 0 Å². The Hall–Kier alpha value is -6.11. The maximum Gasteiger partial charge on any atom is 0.245 e. The zero-order valence-electron chi connectivity index (χ0n) is 46.2. The molecule has 2 rings (SSSR count). The Bertz CT molecular complexity index is 1980. The highest BCUT2D eigenvalue weighted by Crippen LogP contribution is 2.21. The molecule has 0 aromatic rings. The number of amides is 10. The van der Waals surface area contributed by atoms with E-state index in [2.05, 4.69) is 47.5 Å². The van der Waals surface area contributed by atoms with Gasteiger partial charge in [0.15, 0.2) is 5.96 Å². The largest absolute Gasteiger partial charge is 0.391 e. The second-order valence-electron chi connectivity index (χ2n) is 20.3. The van der Waals surface area contributed by atoms with Gasteiger partial charge in [-0.25, -0.2) is 0 Å². The van der Waals surface area contributed by atoms with Crippen molar-refractivity contribution >= 4 is 65.0 Å². The lowest BCUT2D eigenvalue weighted by molar-refractivity contribution is -0.142. The normalized spacial score (nSPS) is 19.1. The molecule has 426 valence electrons. The monoisotopic (exact) mass is 1060 g/mol. The van der Waals surface area contributed by atoms with Gasteiger partial charge in [-0.05, 0) is 90.1 Å². The summed E-state index contributed by atoms with van der Waals surface area (Å²) in [4.78, 5) is 144. The number of nitrogens with two attached hydrogens (primary N) is 2. The summed E-state index contributed by atoms with van der Waals surface area (Å²) < 4.78 is 0. The van der Waals surface area contributed by atoms with Crippen LogP contribution in [0.15, 0.2) is 4.99 Å². The molecule has 25 nitrogen and oxygen atoms in total. The molecule has 0 bridgehead atoms. The quantitative estimate of drug-likeness (QED) is 0.0197. The summed E-state index contributed by atoms with van der Waals surface area (Å²) in [6, 6.07) is -8.65. The molecule has 0 aromatic carbocycles. The molecule has 13 N–H and O–H groups in total. The highest BCUT2D eigenvalue weighted by Gasteiger charge is 2.40. The Labute approximate surface area is 442 Å². The molecule has 2 saturated heterocycles. The van der Waals surface area contributed by atoms with E-state index in [1.165, 1.54) is 23.8 Å². The van der Waals surface area contributed by atoms with E-state index in [1.807, 2.05) is 18.9 Å². The first-order chi connectivity index (χ1) is 35.3. The highest BCUT2D eigenvalue weighted by atomic mass is 16.3. The number of nitrogens with zero attached hydrogens (tertiary/aromatic N) is 4. The molecule has 2 heterocycles. The summed E-state index contributed by atoms with van der Waals surface area (Å²) in [5.74, 6) is -7.78. The molecule has 2 aliphatic heterocycles. The maximum absolute atomic E-state index is 14.2. The minimum Gasteiger partial charge on any atom is -0.391 e. The maximum atomic E-state index is 14.2. The fraction of sp³-hybridized carbons (Fsp3) is 0.780. The molecule has 10 amide bonds. The highest BCUT2D eigenvalue weighted by molar-refractivity contribution is 5.98. The van der Waals surface area contributed by atoms with Crippen LogP contribution in [-0.4, -0.2) is 193 Å². The van der Waals surface area contributed by atoms with Crippen molar-refractivity contribution in [2.75, 3.05) is 53.4 Å². The molecule has 0 aromatic heterocycles. The number of rotatable bonds is 31. The third-order valence-corrected chi connectivity index (χ3v) is 13.9. The molecule has 25 heteroatoms. The third-order valence-electron chi connectivity index (χ3n) is 13.9. The van der Waals surface area contributed by atoms with E-state index in [0.29, 0.717) is 58.0 Å². The molecule has 0 unspecified atom stereocenters. The van der Waals surface area contributed by atoms with Crippen LogP contribution >= 0.6 is 0 Å². The van der Waals surface area contributed by atoms with Gasteiger partial charge >= 0.3 is 0 Å². The lowest BCUT2D eigenvalue weighted by Crippen LogP contribution is -2.63. The average molecular weight is 1060 g/mol. The van der Waals surface area contributed by atoms with E-state index in [9.17, 15) is 53.1 Å². The fourth-order valence-corrected chi connectivity index (χ4v) is 8.95. The second kappa shape index (κ2) is 32.4. The first kappa shape index (κ1) is 65.0. The number of hydrogen-bond acceptors (Lipinski definition) is 13. The molecule has 0 radical (unpaired) electrons. The molecule has 0 aliphatic carbocycles. The van der Waals surface area contributed by atoms with Crippen molar-refractivity contribution in [3.63, 3.8) is 0 Å². The Morgan fingerprint density at radius 1 is 0.653 bits per heavy atom. The van der Waals surface area contributed by atoms with E-state index < -0.39 is 120 Å². The standard InChI is InChI=1S/C50H90N14O11/c1-12-19-32(42(68)59-39(29(7)13-2)45(71)57-33(20-16-23-54-50(51)52)48(74)64-25-18-21-34(64)43(69)53-15-4)56-47(73)41(31(9)65)61-46(72)40(30(8)14-3)60-44(70)38(28(5)6)58-36(66)26-55-37(67)27-63(11)49(75)35-22-17-24-62(35)10/h28-35,38-41,65H,12-27H2,1-11H3,(H,53,69)(H,55,67)(H,56,73)(H,57,71)(H,58,66)(H,59,68)(H,60,70)(H,61,72)(H4,51,52,54)/t29-,30-,31+,32-,33-,34-,35-,38-,39-,40+,41-/m0/s1. The Balaban J connectivity index is 2.23. The van der Waals surface area contributed by atoms with Gasteiger partial charge in [-0.3, -0.25) is 57.8 Å². The van der Waals surface area contributed by atoms with Crippen LogP contribution in [0.1, 0.15) is 127 Å². The second-order valence-corrected chi connectivity index (χ2v) is 20.3. The number of hydrogen-bond donors (Lipinski definition) is 11. The predicted octanol–water partition coefficient (Wildman–Crippen LogP) is -2.33. The van der Waals surface area contributed by atoms with Gasteiger partial charge < -0.3 is 68.9 Å². The van der Waals surface area contributed by atoms with Crippen molar-refractivity contribution in [2.24, 2.45) is 34.2 Å². The van der Waals surface area contributed by atoms with E-state index in [1.54, 1.807) is 48.5 Å². The van der Waals surface area contributed by atoms with Crippen molar-refractivity contribution in [3.05, 3.63) is 0 Å². The molecule has 2 fully saturated rings. The van der Waals surface area contributed by atoms with Crippen LogP contribution in [0.25, 0.3) is 0 Å². The summed E-state index contributed by atoms with van der Waals surface area (Å²) in [5, 5.41) is 32.2. The number of aliphatic hydroxyl groups is 1. The van der Waals surface area contributed by atoms with Crippen LogP contribution < -0.4 is 54.0 Å². The topological polar surface area (TPSA) is 361 Å². The average Bonchev–Trinajstić information content (AvgIpc) is 4.04. The number of aliphatic hydroxyl groups excluding tert-OH is 1. The van der Waals surface area contributed by atoms with E-state index in [0.717, 1.165) is 13.0 Å². The summed E-state index contributed by atoms with van der Waals surface area (Å²) >= 11 is 0. The molecule has 75 heavy (non-hydrogen) atoms. The van der Waals surface area contributed by atoms with Crippen LogP contribution in [0, 0.1) is 17.8 Å². The smallest absolute Gasteiger partial charge is 0.245 e. The van der Waals surface area contributed by atoms with Crippen LogP contribution in [0.2, 0.25) is 0 Å². The lowest BCUT2D eigenvalue weighted by Gasteiger charge is -2.32. The minimum absolute atomic E-state index is 0.0848. The van der Waals surface area contributed by atoms with E-state index in [4.69, 9.17) is 11.5 Å². The van der Waals surface area contributed by atoms with Gasteiger partial charge in [-0.1, -0.05) is 67.7 Å². The predicted molar refractivity (Wildman–Crippen MR) is 282 cm³/mol. The van der Waals surface area contributed by atoms with Gasteiger partial charge in [0.1, 0.15) is 42.3 Å². The summed E-state index contributed by atoms with van der Waals surface area (Å²) in [7, 11) is 3.36. The number of aliphatic imine (C=N–C) groups is 1. The molecule has 0 spiro atoms. The van der Waals surface area contributed by atoms with Crippen molar-refractivity contribution in [1.82, 2.24) is 57.2 Å². The molecule has 11 atom stereocenters. The van der Waals surface area contributed by atoms with Crippen molar-refractivity contribution in [1.29, 1.82) is 0 Å². The number of likely N-dealkylation sites (N-methyl/N-ethyl adjacent to an activating group) is 3. The Morgan fingerprint density at radius 3 is 1.72 bits per heavy atom. The van der Waals surface area contributed by atoms with Gasteiger partial charge in [0, 0.05) is 26.7 Å². The van der Waals surface area contributed by atoms with Gasteiger partial charge in [0.25, 0.3) is 0 Å². The minimum atomic E-state index is -1.63. The summed E-state index contributed by atoms with van der Waals surface area (Å²) in [6.45, 7) is 16.0. The lowest BCUT2D eigenvalue weighted by atomic mass is 9.95. The fourth-order valence-electron chi connectivity index (χ4n) is 8.95. The van der Waals surface area contributed by atoms with Gasteiger partial charge in [0.05, 0.1) is 25.2 Å². The first-order valence-electron chi connectivity index (χ1n) is 26.7. The summed E-state index contributed by atoms with van der Waals surface area (Å²) in [6.07, 6.45) is 2.78. The third kappa shape index (κ3) is 20.5. The number of likely N-dealkylation sites (tertiary alicyclic amines) is 2. The summed E-state index contributed by atoms with van der Waals surface area (Å²) in [5.41, 5.74) is 11.0. The van der Waals surface area contributed by atoms with Crippen molar-refractivity contribution < 1.29 is 53.1 Å². The molecular formula is C50H90N14O11.